The Hall–Kier alpha value is -2.49. The van der Waals surface area contributed by atoms with Crippen LogP contribution in [-0.2, 0) is 4.79 Å². The standard InChI is InChI=1S/C17H13F2NO/c18-14-6-7-16(19)15(9-14)13-8-17(20(10-13)11-21)12-4-2-1-3-5-12/h1-9,11,17H,10H2. The molecular formula is C17H13F2NO. The molecule has 0 saturated carbocycles. The minimum Gasteiger partial charge on any atom is -0.330 e. The number of benzene rings is 2. The Balaban J connectivity index is 2.01. The highest BCUT2D eigenvalue weighted by Gasteiger charge is 2.26. The Morgan fingerprint density at radius 3 is 2.57 bits per heavy atom. The topological polar surface area (TPSA) is 20.3 Å². The second kappa shape index (κ2) is 5.48. The highest BCUT2D eigenvalue weighted by molar-refractivity contribution is 5.74. The van der Waals surface area contributed by atoms with Gasteiger partial charge in [0.1, 0.15) is 11.6 Å². The minimum absolute atomic E-state index is 0.209. The number of carbonyl (C=O) groups excluding carboxylic acids is 1. The molecule has 0 saturated heterocycles. The molecule has 0 radical (unpaired) electrons. The molecule has 1 aliphatic heterocycles. The van der Waals surface area contributed by atoms with Crippen LogP contribution in [0.25, 0.3) is 5.57 Å². The average Bonchev–Trinajstić information content (AvgIpc) is 2.94. The van der Waals surface area contributed by atoms with Crippen molar-refractivity contribution in [3.8, 4) is 0 Å². The summed E-state index contributed by atoms with van der Waals surface area (Å²) in [6.45, 7) is 0.267. The highest BCUT2D eigenvalue weighted by Crippen LogP contribution is 2.34. The lowest BCUT2D eigenvalue weighted by Gasteiger charge is -2.19. The normalized spacial score (nSPS) is 17.7. The zero-order chi connectivity index (χ0) is 14.8. The van der Waals surface area contributed by atoms with Crippen LogP contribution < -0.4 is 0 Å². The van der Waals surface area contributed by atoms with E-state index in [0.29, 0.717) is 5.57 Å². The number of hydrogen-bond acceptors (Lipinski definition) is 1. The molecule has 1 atom stereocenters. The maximum absolute atomic E-state index is 13.9. The number of rotatable bonds is 3. The lowest BCUT2D eigenvalue weighted by atomic mass is 10.0. The van der Waals surface area contributed by atoms with Crippen molar-refractivity contribution in [2.24, 2.45) is 0 Å². The van der Waals surface area contributed by atoms with Gasteiger partial charge in [0.25, 0.3) is 0 Å². The molecule has 0 aromatic heterocycles. The van der Waals surface area contributed by atoms with E-state index in [-0.39, 0.29) is 18.2 Å². The number of halogens is 2. The quantitative estimate of drug-likeness (QED) is 0.790. The van der Waals surface area contributed by atoms with Crippen LogP contribution in [0.15, 0.2) is 54.6 Å². The molecule has 4 heteroatoms. The van der Waals surface area contributed by atoms with Crippen LogP contribution in [0.5, 0.6) is 0 Å². The van der Waals surface area contributed by atoms with Crippen LogP contribution in [0.2, 0.25) is 0 Å². The molecule has 0 aliphatic carbocycles. The molecule has 106 valence electrons. The molecule has 0 bridgehead atoms. The molecule has 1 unspecified atom stereocenters. The maximum Gasteiger partial charge on any atom is 0.210 e. The number of hydrogen-bond donors (Lipinski definition) is 0. The first-order valence-corrected chi connectivity index (χ1v) is 6.61. The number of carbonyl (C=O) groups is 1. The van der Waals surface area contributed by atoms with E-state index >= 15 is 0 Å². The zero-order valence-corrected chi connectivity index (χ0v) is 11.2. The van der Waals surface area contributed by atoms with Crippen LogP contribution in [0, 0.1) is 11.6 Å². The van der Waals surface area contributed by atoms with Crippen molar-refractivity contribution < 1.29 is 13.6 Å². The lowest BCUT2D eigenvalue weighted by molar-refractivity contribution is -0.118. The first-order chi connectivity index (χ1) is 10.2. The van der Waals surface area contributed by atoms with Crippen LogP contribution in [0.1, 0.15) is 17.2 Å². The van der Waals surface area contributed by atoms with Gasteiger partial charge in [-0.05, 0) is 29.3 Å². The summed E-state index contributed by atoms with van der Waals surface area (Å²) >= 11 is 0. The SMILES string of the molecule is O=CN1CC(c2cc(F)ccc2F)=CC1c1ccccc1. The molecule has 3 rings (SSSR count). The fourth-order valence-electron chi connectivity index (χ4n) is 2.59. The smallest absolute Gasteiger partial charge is 0.210 e. The van der Waals surface area contributed by atoms with Crippen LogP contribution in [0.4, 0.5) is 8.78 Å². The predicted molar refractivity (Wildman–Crippen MR) is 76.3 cm³/mol. The van der Waals surface area contributed by atoms with E-state index in [1.54, 1.807) is 4.90 Å². The second-order valence-corrected chi connectivity index (χ2v) is 4.95. The van der Waals surface area contributed by atoms with Gasteiger partial charge in [-0.25, -0.2) is 8.78 Å². The van der Waals surface area contributed by atoms with Crippen molar-refractivity contribution in [3.05, 3.63) is 77.4 Å². The summed E-state index contributed by atoms with van der Waals surface area (Å²) < 4.78 is 27.2. The summed E-state index contributed by atoms with van der Waals surface area (Å²) in [6.07, 6.45) is 2.54. The molecular weight excluding hydrogens is 272 g/mol. The van der Waals surface area contributed by atoms with Crippen LogP contribution in [-0.4, -0.2) is 17.9 Å². The first-order valence-electron chi connectivity index (χ1n) is 6.61. The minimum atomic E-state index is -0.492. The summed E-state index contributed by atoms with van der Waals surface area (Å²) in [5, 5.41) is 0. The van der Waals surface area contributed by atoms with Crippen LogP contribution in [0.3, 0.4) is 0 Å². The monoisotopic (exact) mass is 285 g/mol. The molecule has 2 aromatic rings. The van der Waals surface area contributed by atoms with Gasteiger partial charge in [0.05, 0.1) is 6.04 Å². The van der Waals surface area contributed by atoms with Crippen molar-refractivity contribution >= 4 is 12.0 Å². The number of nitrogens with zero attached hydrogens (tertiary/aromatic N) is 1. The van der Waals surface area contributed by atoms with Gasteiger partial charge in [0, 0.05) is 12.1 Å². The highest BCUT2D eigenvalue weighted by atomic mass is 19.1. The van der Waals surface area contributed by atoms with E-state index < -0.39 is 11.6 Å². The first kappa shape index (κ1) is 13.5. The molecule has 1 amide bonds. The molecule has 0 N–H and O–H groups in total. The Morgan fingerprint density at radius 1 is 1.10 bits per heavy atom. The van der Waals surface area contributed by atoms with E-state index in [2.05, 4.69) is 0 Å². The van der Waals surface area contributed by atoms with Gasteiger partial charge in [-0.1, -0.05) is 36.4 Å². The molecule has 21 heavy (non-hydrogen) atoms. The van der Waals surface area contributed by atoms with Gasteiger partial charge >= 0.3 is 0 Å². The van der Waals surface area contributed by atoms with Gasteiger partial charge in [-0.3, -0.25) is 4.79 Å². The van der Waals surface area contributed by atoms with E-state index in [1.165, 1.54) is 0 Å². The predicted octanol–water partition coefficient (Wildman–Crippen LogP) is 3.56. The summed E-state index contributed by atoms with van der Waals surface area (Å²) in [5.74, 6) is -0.977. The van der Waals surface area contributed by atoms with Gasteiger partial charge in [0.2, 0.25) is 6.41 Å². The van der Waals surface area contributed by atoms with Crippen molar-refractivity contribution in [3.63, 3.8) is 0 Å². The maximum atomic E-state index is 13.9. The number of amides is 1. The van der Waals surface area contributed by atoms with Gasteiger partial charge in [0.15, 0.2) is 0 Å². The van der Waals surface area contributed by atoms with Crippen molar-refractivity contribution in [1.82, 2.24) is 4.90 Å². The van der Waals surface area contributed by atoms with Crippen molar-refractivity contribution in [2.45, 2.75) is 6.04 Å². The second-order valence-electron chi connectivity index (χ2n) is 4.95. The van der Waals surface area contributed by atoms with Gasteiger partial charge in [-0.15, -0.1) is 0 Å². The van der Waals surface area contributed by atoms with Crippen LogP contribution >= 0.6 is 0 Å². The molecule has 0 fully saturated rings. The Labute approximate surface area is 121 Å². The summed E-state index contributed by atoms with van der Waals surface area (Å²) in [5.41, 5.74) is 1.77. The fraction of sp³-hybridized carbons (Fsp3) is 0.118. The van der Waals surface area contributed by atoms with E-state index in [4.69, 9.17) is 0 Å². The molecule has 2 nitrogen and oxygen atoms in total. The van der Waals surface area contributed by atoms with E-state index in [9.17, 15) is 13.6 Å². The molecule has 1 heterocycles. The fourth-order valence-corrected chi connectivity index (χ4v) is 2.59. The van der Waals surface area contributed by atoms with Crippen molar-refractivity contribution in [2.75, 3.05) is 6.54 Å². The van der Waals surface area contributed by atoms with Crippen molar-refractivity contribution in [1.29, 1.82) is 0 Å². The zero-order valence-electron chi connectivity index (χ0n) is 11.2. The Morgan fingerprint density at radius 2 is 1.86 bits per heavy atom. The lowest BCUT2D eigenvalue weighted by Crippen LogP contribution is -2.22. The Kier molecular flexibility index (Phi) is 3.52. The molecule has 1 aliphatic rings. The molecule has 2 aromatic carbocycles. The third kappa shape index (κ3) is 2.57. The summed E-state index contributed by atoms with van der Waals surface area (Å²) in [7, 11) is 0. The average molecular weight is 285 g/mol. The Bertz CT molecular complexity index is 697. The summed E-state index contributed by atoms with van der Waals surface area (Å²) in [6, 6.07) is 12.6. The molecule has 0 spiro atoms. The van der Waals surface area contributed by atoms with E-state index in [0.717, 1.165) is 30.2 Å². The largest absolute Gasteiger partial charge is 0.330 e. The third-order valence-corrected chi connectivity index (χ3v) is 3.62. The van der Waals surface area contributed by atoms with E-state index in [1.807, 2.05) is 36.4 Å². The van der Waals surface area contributed by atoms with Gasteiger partial charge < -0.3 is 4.90 Å². The van der Waals surface area contributed by atoms with Gasteiger partial charge in [-0.2, -0.15) is 0 Å². The third-order valence-electron chi connectivity index (χ3n) is 3.62. The summed E-state index contributed by atoms with van der Waals surface area (Å²) in [4.78, 5) is 12.8.